The molecule has 1 heterocycles. The summed E-state index contributed by atoms with van der Waals surface area (Å²) < 4.78 is 0. The van der Waals surface area contributed by atoms with Crippen LogP contribution in [0.15, 0.2) is 48.7 Å². The van der Waals surface area contributed by atoms with Gasteiger partial charge in [-0.2, -0.15) is 0 Å². The Morgan fingerprint density at radius 1 is 1.00 bits per heavy atom. The Morgan fingerprint density at radius 3 is 2.33 bits per heavy atom. The van der Waals surface area contributed by atoms with E-state index in [0.29, 0.717) is 17.6 Å². The van der Waals surface area contributed by atoms with Crippen molar-refractivity contribution >= 4 is 17.4 Å². The fraction of sp³-hybridized carbons (Fsp3) is 0.368. The SMILES string of the molecule is CNC(=O)c1ccnc(N[C@H]2CC[C@H](Nc3ccccc3)CC2)c1. The van der Waals surface area contributed by atoms with Gasteiger partial charge < -0.3 is 16.0 Å². The lowest BCUT2D eigenvalue weighted by atomic mass is 9.91. The molecule has 0 saturated heterocycles. The minimum atomic E-state index is -0.0868. The Bertz CT molecular complexity index is 666. The molecule has 1 aliphatic rings. The van der Waals surface area contributed by atoms with Crippen molar-refractivity contribution in [1.29, 1.82) is 0 Å². The molecule has 1 aliphatic carbocycles. The van der Waals surface area contributed by atoms with Crippen molar-refractivity contribution in [2.75, 3.05) is 17.7 Å². The quantitative estimate of drug-likeness (QED) is 0.790. The lowest BCUT2D eigenvalue weighted by Crippen LogP contribution is -2.32. The summed E-state index contributed by atoms with van der Waals surface area (Å²) in [4.78, 5) is 16.0. The minimum Gasteiger partial charge on any atom is -0.382 e. The first-order valence-electron chi connectivity index (χ1n) is 8.51. The number of carbonyl (C=O) groups excluding carboxylic acids is 1. The maximum Gasteiger partial charge on any atom is 0.251 e. The Labute approximate surface area is 142 Å². The third-order valence-electron chi connectivity index (χ3n) is 4.47. The van der Waals surface area contributed by atoms with Crippen LogP contribution in [0, 0.1) is 0 Å². The number of hydrogen-bond acceptors (Lipinski definition) is 4. The summed E-state index contributed by atoms with van der Waals surface area (Å²) in [5.74, 6) is 0.687. The van der Waals surface area contributed by atoms with Gasteiger partial charge in [-0.25, -0.2) is 4.98 Å². The number of benzene rings is 1. The molecule has 0 atom stereocenters. The molecule has 0 unspecified atom stereocenters. The first kappa shape index (κ1) is 16.3. The highest BCUT2D eigenvalue weighted by Crippen LogP contribution is 2.24. The summed E-state index contributed by atoms with van der Waals surface area (Å²) in [6.45, 7) is 0. The summed E-state index contributed by atoms with van der Waals surface area (Å²) in [5, 5.41) is 9.70. The molecule has 1 fully saturated rings. The normalized spacial score (nSPS) is 20.2. The smallest absolute Gasteiger partial charge is 0.251 e. The molecule has 1 saturated carbocycles. The van der Waals surface area contributed by atoms with Crippen LogP contribution in [0.3, 0.4) is 0 Å². The third kappa shape index (κ3) is 4.25. The zero-order valence-electron chi connectivity index (χ0n) is 14.0. The number of pyridine rings is 1. The van der Waals surface area contributed by atoms with Gasteiger partial charge in [0.1, 0.15) is 5.82 Å². The van der Waals surface area contributed by atoms with Gasteiger partial charge in [-0.05, 0) is 49.9 Å². The van der Waals surface area contributed by atoms with Crippen molar-refractivity contribution in [3.05, 3.63) is 54.2 Å². The predicted octanol–water partition coefficient (Wildman–Crippen LogP) is 3.28. The topological polar surface area (TPSA) is 66.0 Å². The van der Waals surface area contributed by atoms with Crippen molar-refractivity contribution in [2.45, 2.75) is 37.8 Å². The van der Waals surface area contributed by atoms with E-state index in [1.807, 2.05) is 12.1 Å². The van der Waals surface area contributed by atoms with E-state index in [1.165, 1.54) is 5.69 Å². The lowest BCUT2D eigenvalue weighted by Gasteiger charge is -2.30. The van der Waals surface area contributed by atoms with E-state index in [1.54, 1.807) is 19.3 Å². The van der Waals surface area contributed by atoms with Gasteiger partial charge in [0, 0.05) is 36.6 Å². The zero-order chi connectivity index (χ0) is 16.8. The van der Waals surface area contributed by atoms with Gasteiger partial charge >= 0.3 is 0 Å². The van der Waals surface area contributed by atoms with Crippen LogP contribution >= 0.6 is 0 Å². The molecule has 1 aromatic heterocycles. The van der Waals surface area contributed by atoms with Gasteiger partial charge in [-0.3, -0.25) is 4.79 Å². The van der Waals surface area contributed by atoms with Crippen molar-refractivity contribution in [2.24, 2.45) is 0 Å². The first-order valence-corrected chi connectivity index (χ1v) is 8.51. The summed E-state index contributed by atoms with van der Waals surface area (Å²) in [5.41, 5.74) is 1.82. The summed E-state index contributed by atoms with van der Waals surface area (Å²) in [7, 11) is 1.64. The highest BCUT2D eigenvalue weighted by molar-refractivity contribution is 5.94. The Kier molecular flexibility index (Phi) is 5.31. The van der Waals surface area contributed by atoms with Crippen LogP contribution in [0.5, 0.6) is 0 Å². The van der Waals surface area contributed by atoms with Crippen LogP contribution in [-0.4, -0.2) is 30.0 Å². The molecule has 0 bridgehead atoms. The van der Waals surface area contributed by atoms with Crippen LogP contribution < -0.4 is 16.0 Å². The molecule has 0 radical (unpaired) electrons. The van der Waals surface area contributed by atoms with Gasteiger partial charge in [-0.1, -0.05) is 18.2 Å². The van der Waals surface area contributed by atoms with E-state index in [2.05, 4.69) is 45.2 Å². The van der Waals surface area contributed by atoms with E-state index in [9.17, 15) is 4.79 Å². The van der Waals surface area contributed by atoms with Crippen LogP contribution in [0.2, 0.25) is 0 Å². The van der Waals surface area contributed by atoms with Crippen molar-refractivity contribution < 1.29 is 4.79 Å². The van der Waals surface area contributed by atoms with Gasteiger partial charge in [0.05, 0.1) is 0 Å². The average molecular weight is 324 g/mol. The molecule has 3 rings (SSSR count). The van der Waals surface area contributed by atoms with Crippen molar-refractivity contribution in [3.63, 3.8) is 0 Å². The van der Waals surface area contributed by atoms with Crippen LogP contribution in [0.1, 0.15) is 36.0 Å². The molecule has 126 valence electrons. The van der Waals surface area contributed by atoms with E-state index in [0.717, 1.165) is 31.5 Å². The molecule has 5 nitrogen and oxygen atoms in total. The third-order valence-corrected chi connectivity index (χ3v) is 4.47. The average Bonchev–Trinajstić information content (AvgIpc) is 2.64. The summed E-state index contributed by atoms with van der Waals surface area (Å²) >= 11 is 0. The number of hydrogen-bond donors (Lipinski definition) is 3. The number of nitrogens with one attached hydrogen (secondary N) is 3. The standard InChI is InChI=1S/C19H24N4O/c1-20-19(24)14-11-12-21-18(13-14)23-17-9-7-16(8-10-17)22-15-5-3-2-4-6-15/h2-6,11-13,16-17,22H,7-10H2,1H3,(H,20,24)(H,21,23)/t16-,17-. The van der Waals surface area contributed by atoms with Crippen molar-refractivity contribution in [3.8, 4) is 0 Å². The van der Waals surface area contributed by atoms with Crippen LogP contribution in [0.25, 0.3) is 0 Å². The van der Waals surface area contributed by atoms with E-state index in [4.69, 9.17) is 0 Å². The number of anilines is 2. The largest absolute Gasteiger partial charge is 0.382 e. The Hall–Kier alpha value is -2.56. The number of nitrogens with zero attached hydrogens (tertiary/aromatic N) is 1. The maximum absolute atomic E-state index is 11.7. The molecule has 1 amide bonds. The Balaban J connectivity index is 1.51. The molecule has 0 aliphatic heterocycles. The van der Waals surface area contributed by atoms with Gasteiger partial charge in [0.25, 0.3) is 5.91 Å². The fourth-order valence-corrected chi connectivity index (χ4v) is 3.16. The number of rotatable bonds is 5. The van der Waals surface area contributed by atoms with Crippen LogP contribution in [0.4, 0.5) is 11.5 Å². The number of amides is 1. The maximum atomic E-state index is 11.7. The van der Waals surface area contributed by atoms with E-state index >= 15 is 0 Å². The summed E-state index contributed by atoms with van der Waals surface area (Å²) in [6.07, 6.45) is 6.12. The molecule has 1 aromatic carbocycles. The minimum absolute atomic E-state index is 0.0868. The van der Waals surface area contributed by atoms with Gasteiger partial charge in [0.15, 0.2) is 0 Å². The molecular formula is C19H24N4O. The molecular weight excluding hydrogens is 300 g/mol. The second kappa shape index (κ2) is 7.81. The first-order chi connectivity index (χ1) is 11.7. The van der Waals surface area contributed by atoms with Crippen LogP contribution in [-0.2, 0) is 0 Å². The lowest BCUT2D eigenvalue weighted by molar-refractivity contribution is 0.0963. The second-order valence-corrected chi connectivity index (χ2v) is 6.21. The second-order valence-electron chi connectivity index (χ2n) is 6.21. The van der Waals surface area contributed by atoms with Gasteiger partial charge in [0.2, 0.25) is 0 Å². The highest BCUT2D eigenvalue weighted by Gasteiger charge is 2.21. The molecule has 5 heteroatoms. The number of carbonyl (C=O) groups is 1. The van der Waals surface area contributed by atoms with E-state index in [-0.39, 0.29) is 5.91 Å². The summed E-state index contributed by atoms with van der Waals surface area (Å²) in [6, 6.07) is 14.8. The zero-order valence-corrected chi connectivity index (χ0v) is 14.0. The number of para-hydroxylation sites is 1. The molecule has 3 N–H and O–H groups in total. The number of aromatic nitrogens is 1. The highest BCUT2D eigenvalue weighted by atomic mass is 16.1. The predicted molar refractivity (Wildman–Crippen MR) is 97.4 cm³/mol. The van der Waals surface area contributed by atoms with E-state index < -0.39 is 0 Å². The molecule has 0 spiro atoms. The Morgan fingerprint density at radius 2 is 1.67 bits per heavy atom. The molecule has 24 heavy (non-hydrogen) atoms. The monoisotopic (exact) mass is 324 g/mol. The van der Waals surface area contributed by atoms with Crippen molar-refractivity contribution in [1.82, 2.24) is 10.3 Å². The fourth-order valence-electron chi connectivity index (χ4n) is 3.16. The van der Waals surface area contributed by atoms with Gasteiger partial charge in [-0.15, -0.1) is 0 Å². The molecule has 2 aromatic rings.